The summed E-state index contributed by atoms with van der Waals surface area (Å²) in [6, 6.07) is 10.7. The fraction of sp³-hybridized carbons (Fsp3) is 0.333. The van der Waals surface area contributed by atoms with Crippen molar-refractivity contribution in [2.75, 3.05) is 32.7 Å². The van der Waals surface area contributed by atoms with E-state index in [4.69, 9.17) is 9.47 Å². The van der Waals surface area contributed by atoms with E-state index in [1.165, 1.54) is 36.0 Å². The van der Waals surface area contributed by atoms with Crippen molar-refractivity contribution in [2.45, 2.75) is 19.7 Å². The van der Waals surface area contributed by atoms with Gasteiger partial charge in [-0.15, -0.1) is 24.9 Å². The van der Waals surface area contributed by atoms with Crippen LogP contribution in [0.15, 0.2) is 52.9 Å². The van der Waals surface area contributed by atoms with E-state index in [2.05, 4.69) is 20.4 Å². The van der Waals surface area contributed by atoms with Gasteiger partial charge in [0.1, 0.15) is 5.75 Å². The molecule has 0 saturated carbocycles. The molecule has 36 heavy (non-hydrogen) atoms. The van der Waals surface area contributed by atoms with Crippen molar-refractivity contribution < 1.29 is 32.2 Å². The van der Waals surface area contributed by atoms with Crippen molar-refractivity contribution in [3.63, 3.8) is 0 Å². The molecule has 0 fully saturated rings. The summed E-state index contributed by atoms with van der Waals surface area (Å²) in [6.45, 7) is 3.47. The maximum Gasteiger partial charge on any atom is 0.573 e. The summed E-state index contributed by atoms with van der Waals surface area (Å²) in [5.74, 6) is 0.974. The molecule has 0 atom stereocenters. The summed E-state index contributed by atoms with van der Waals surface area (Å²) in [5.41, 5.74) is 2.15. The lowest BCUT2D eigenvalue weighted by Gasteiger charge is -2.23. The molecule has 1 aliphatic heterocycles. The smallest absolute Gasteiger partial charge is 0.454 e. The quantitative estimate of drug-likeness (QED) is 0.234. The van der Waals surface area contributed by atoms with Crippen LogP contribution in [0.1, 0.15) is 18.9 Å². The molecule has 3 rings (SSSR count). The molecule has 194 valence electrons. The van der Waals surface area contributed by atoms with Crippen LogP contribution in [-0.4, -0.2) is 56.3 Å². The number of benzene rings is 2. The molecular formula is C24H27F3N4O4S. The second-order valence-corrected chi connectivity index (χ2v) is 8.13. The van der Waals surface area contributed by atoms with Crippen LogP contribution in [0.3, 0.4) is 0 Å². The number of nitrogens with zero attached hydrogens (tertiary/aromatic N) is 2. The Balaban J connectivity index is 1.79. The Kier molecular flexibility index (Phi) is 9.74. The number of hydrogen-bond acceptors (Lipinski definition) is 6. The number of thioether (sulfide) groups is 1. The normalized spacial score (nSPS) is 13.1. The molecule has 1 heterocycles. The third-order valence-corrected chi connectivity index (χ3v) is 5.28. The molecule has 0 saturated heterocycles. The van der Waals surface area contributed by atoms with E-state index in [1.54, 1.807) is 6.34 Å². The standard InChI is InChI=1S/C24H27F3N4O4S/c1-3-28-23(32)29-11-4-12-31(15-30-18-6-8-19(9-7-18)35-24(25,26)27)20(14-36-2)17-5-10-21-22(13-17)34-16-33-21/h5-10,13-15H,3-4,11-12,16H2,1-2H3,(H2,28,29,32)/b20-14-,30-15?. The second-order valence-electron chi connectivity index (χ2n) is 7.43. The van der Waals surface area contributed by atoms with Crippen LogP contribution in [0.5, 0.6) is 17.2 Å². The van der Waals surface area contributed by atoms with Gasteiger partial charge in [-0.1, -0.05) is 0 Å². The van der Waals surface area contributed by atoms with E-state index < -0.39 is 6.36 Å². The number of alkyl halides is 3. The topological polar surface area (TPSA) is 84.4 Å². The highest BCUT2D eigenvalue weighted by Gasteiger charge is 2.31. The lowest BCUT2D eigenvalue weighted by molar-refractivity contribution is -0.274. The Morgan fingerprint density at radius 1 is 1.17 bits per heavy atom. The van der Waals surface area contributed by atoms with E-state index in [-0.39, 0.29) is 18.6 Å². The first-order valence-corrected chi connectivity index (χ1v) is 12.4. The molecule has 2 aromatic carbocycles. The maximum atomic E-state index is 12.4. The summed E-state index contributed by atoms with van der Waals surface area (Å²) in [6.07, 6.45) is -0.611. The zero-order valence-electron chi connectivity index (χ0n) is 19.8. The lowest BCUT2D eigenvalue weighted by atomic mass is 10.1. The molecule has 2 amide bonds. The van der Waals surface area contributed by atoms with E-state index in [9.17, 15) is 18.0 Å². The van der Waals surface area contributed by atoms with Gasteiger partial charge in [0.25, 0.3) is 0 Å². The number of aliphatic imine (C=N–C) groups is 1. The fourth-order valence-electron chi connectivity index (χ4n) is 3.25. The molecule has 0 aliphatic carbocycles. The van der Waals surface area contributed by atoms with Gasteiger partial charge in [0.05, 0.1) is 17.7 Å². The van der Waals surface area contributed by atoms with E-state index in [0.717, 1.165) is 11.3 Å². The minimum absolute atomic E-state index is 0.158. The van der Waals surface area contributed by atoms with Crippen molar-refractivity contribution in [2.24, 2.45) is 4.99 Å². The predicted octanol–water partition coefficient (Wildman–Crippen LogP) is 5.35. The van der Waals surface area contributed by atoms with Gasteiger partial charge >= 0.3 is 12.4 Å². The molecule has 0 radical (unpaired) electrons. The Morgan fingerprint density at radius 3 is 2.61 bits per heavy atom. The van der Waals surface area contributed by atoms with Gasteiger partial charge in [-0.25, -0.2) is 9.79 Å². The van der Waals surface area contributed by atoms with E-state index in [1.807, 2.05) is 41.7 Å². The largest absolute Gasteiger partial charge is 0.573 e. The number of carbonyl (C=O) groups is 1. The third kappa shape index (κ3) is 8.29. The number of hydrogen-bond donors (Lipinski definition) is 2. The number of halogens is 3. The van der Waals surface area contributed by atoms with Gasteiger partial charge < -0.3 is 29.7 Å². The zero-order valence-corrected chi connectivity index (χ0v) is 20.6. The van der Waals surface area contributed by atoms with Crippen LogP contribution in [0.4, 0.5) is 23.7 Å². The van der Waals surface area contributed by atoms with Gasteiger partial charge in [0, 0.05) is 25.2 Å². The highest BCUT2D eigenvalue weighted by Crippen LogP contribution is 2.35. The number of nitrogens with one attached hydrogen (secondary N) is 2. The van der Waals surface area contributed by atoms with Crippen LogP contribution in [0, 0.1) is 0 Å². The van der Waals surface area contributed by atoms with Gasteiger partial charge in [-0.2, -0.15) is 0 Å². The van der Waals surface area contributed by atoms with Gasteiger partial charge in [-0.3, -0.25) is 0 Å². The van der Waals surface area contributed by atoms with Crippen LogP contribution < -0.4 is 24.8 Å². The molecule has 2 aromatic rings. The highest BCUT2D eigenvalue weighted by atomic mass is 32.2. The fourth-order valence-corrected chi connectivity index (χ4v) is 3.75. The number of ether oxygens (including phenoxy) is 3. The minimum atomic E-state index is -4.76. The van der Waals surface area contributed by atoms with E-state index >= 15 is 0 Å². The Labute approximate surface area is 211 Å². The zero-order chi connectivity index (χ0) is 26.0. The Morgan fingerprint density at radius 2 is 1.92 bits per heavy atom. The van der Waals surface area contributed by atoms with Gasteiger partial charge in [0.15, 0.2) is 11.5 Å². The summed E-state index contributed by atoms with van der Waals surface area (Å²) in [4.78, 5) is 18.1. The second kappa shape index (κ2) is 13.0. The molecular weight excluding hydrogens is 497 g/mol. The summed E-state index contributed by atoms with van der Waals surface area (Å²) in [5, 5.41) is 7.43. The molecule has 2 N–H and O–H groups in total. The summed E-state index contributed by atoms with van der Waals surface area (Å²) in [7, 11) is 0. The number of fused-ring (bicyclic) bond motifs is 1. The summed E-state index contributed by atoms with van der Waals surface area (Å²) >= 11 is 1.51. The van der Waals surface area contributed by atoms with Crippen molar-refractivity contribution in [1.29, 1.82) is 0 Å². The SMILES string of the molecule is CCNC(=O)NCCCN(C=Nc1ccc(OC(F)(F)F)cc1)/C(=C\SC)c1ccc2c(c1)OCO2. The maximum absolute atomic E-state index is 12.4. The van der Waals surface area contributed by atoms with Crippen molar-refractivity contribution in [1.82, 2.24) is 15.5 Å². The lowest BCUT2D eigenvalue weighted by Crippen LogP contribution is -2.36. The van der Waals surface area contributed by atoms with Crippen LogP contribution >= 0.6 is 11.8 Å². The predicted molar refractivity (Wildman–Crippen MR) is 134 cm³/mol. The van der Waals surface area contributed by atoms with Crippen LogP contribution in [-0.2, 0) is 0 Å². The average molecular weight is 525 g/mol. The molecule has 12 heteroatoms. The highest BCUT2D eigenvalue weighted by molar-refractivity contribution is 8.01. The minimum Gasteiger partial charge on any atom is -0.454 e. The van der Waals surface area contributed by atoms with Gasteiger partial charge in [-0.05, 0) is 67.5 Å². The Hall–Kier alpha value is -3.54. The first-order valence-electron chi connectivity index (χ1n) is 11.1. The summed E-state index contributed by atoms with van der Waals surface area (Å²) < 4.78 is 52.1. The molecule has 0 unspecified atom stereocenters. The van der Waals surface area contributed by atoms with Crippen molar-refractivity contribution in [3.05, 3.63) is 53.4 Å². The van der Waals surface area contributed by atoms with Crippen LogP contribution in [0.25, 0.3) is 5.70 Å². The molecule has 0 aromatic heterocycles. The molecule has 0 bridgehead atoms. The third-order valence-electron chi connectivity index (χ3n) is 4.82. The van der Waals surface area contributed by atoms with E-state index in [0.29, 0.717) is 43.2 Å². The van der Waals surface area contributed by atoms with Crippen LogP contribution in [0.2, 0.25) is 0 Å². The molecule has 8 nitrogen and oxygen atoms in total. The van der Waals surface area contributed by atoms with Crippen molar-refractivity contribution >= 4 is 35.5 Å². The Bertz CT molecular complexity index is 1080. The number of urea groups is 1. The monoisotopic (exact) mass is 524 g/mol. The first-order chi connectivity index (χ1) is 17.3. The van der Waals surface area contributed by atoms with Crippen molar-refractivity contribution in [3.8, 4) is 17.2 Å². The average Bonchev–Trinajstić information content (AvgIpc) is 3.30. The van der Waals surface area contributed by atoms with Gasteiger partial charge in [0.2, 0.25) is 6.79 Å². The number of carbonyl (C=O) groups excluding carboxylic acids is 1. The molecule has 1 aliphatic rings. The number of rotatable bonds is 11. The number of amides is 2. The first kappa shape index (κ1) is 27.1. The molecule has 0 spiro atoms.